The van der Waals surface area contributed by atoms with E-state index in [9.17, 15) is 30.7 Å². The van der Waals surface area contributed by atoms with Crippen LogP contribution in [0.3, 0.4) is 0 Å². The molecule has 0 heterocycles. The molecule has 0 spiro atoms. The van der Waals surface area contributed by atoms with Crippen LogP contribution in [0.15, 0.2) is 36.4 Å². The third kappa shape index (κ3) is 4.91. The highest BCUT2D eigenvalue weighted by atomic mass is 19.2. The van der Waals surface area contributed by atoms with E-state index >= 15 is 0 Å². The molecule has 1 nitrogen and oxygen atoms in total. The summed E-state index contributed by atoms with van der Waals surface area (Å²) in [5.74, 6) is -8.88. The zero-order valence-corrected chi connectivity index (χ0v) is 18.2. The number of hydrogen-bond acceptors (Lipinski definition) is 1. The summed E-state index contributed by atoms with van der Waals surface area (Å²) < 4.78 is 103. The molecule has 3 aromatic rings. The second-order valence-corrected chi connectivity index (χ2v) is 8.70. The Kier molecular flexibility index (Phi) is 6.86. The molecule has 0 saturated heterocycles. The first-order valence-corrected chi connectivity index (χ1v) is 10.9. The monoisotopic (exact) mass is 482 g/mol. The number of hydrogen-bond donors (Lipinski definition) is 0. The van der Waals surface area contributed by atoms with Gasteiger partial charge in [-0.05, 0) is 97.5 Å². The summed E-state index contributed by atoms with van der Waals surface area (Å²) >= 11 is 0. The minimum atomic E-state index is -1.71. The summed E-state index contributed by atoms with van der Waals surface area (Å²) in [6.45, 7) is 1.69. The number of benzene rings is 3. The van der Waals surface area contributed by atoms with Crippen LogP contribution in [0.5, 0.6) is 5.75 Å². The van der Waals surface area contributed by atoms with Crippen molar-refractivity contribution in [1.29, 1.82) is 0 Å². The zero-order chi connectivity index (χ0) is 24.6. The van der Waals surface area contributed by atoms with Crippen LogP contribution in [-0.2, 0) is 0 Å². The van der Waals surface area contributed by atoms with Crippen molar-refractivity contribution in [3.05, 3.63) is 88.2 Å². The van der Waals surface area contributed by atoms with E-state index in [0.717, 1.165) is 12.1 Å². The molecule has 4 rings (SSSR count). The fourth-order valence-electron chi connectivity index (χ4n) is 4.49. The highest BCUT2D eigenvalue weighted by Crippen LogP contribution is 2.39. The summed E-state index contributed by atoms with van der Waals surface area (Å²) in [5.41, 5.74) is -0.222. The maximum absolute atomic E-state index is 14.7. The van der Waals surface area contributed by atoms with Gasteiger partial charge in [0.2, 0.25) is 0 Å². The summed E-state index contributed by atoms with van der Waals surface area (Å²) in [7, 11) is 0. The van der Waals surface area contributed by atoms with Crippen LogP contribution in [0, 0.1) is 53.6 Å². The maximum atomic E-state index is 14.7. The van der Waals surface area contributed by atoms with Gasteiger partial charge in [-0.2, -0.15) is 0 Å². The van der Waals surface area contributed by atoms with Crippen molar-refractivity contribution in [2.45, 2.75) is 38.5 Å². The maximum Gasteiger partial charge on any atom is 0.194 e. The lowest BCUT2D eigenvalue weighted by atomic mass is 9.78. The van der Waals surface area contributed by atoms with E-state index in [4.69, 9.17) is 4.74 Å². The second-order valence-electron chi connectivity index (χ2n) is 8.70. The van der Waals surface area contributed by atoms with E-state index in [1.165, 1.54) is 12.1 Å². The van der Waals surface area contributed by atoms with Crippen LogP contribution in [0.25, 0.3) is 11.1 Å². The minimum Gasteiger partial charge on any atom is -0.487 e. The van der Waals surface area contributed by atoms with Crippen molar-refractivity contribution in [3.63, 3.8) is 0 Å². The second kappa shape index (κ2) is 9.68. The lowest BCUT2D eigenvalue weighted by Gasteiger charge is -2.29. The molecule has 1 aliphatic rings. The molecule has 0 unspecified atom stereocenters. The minimum absolute atomic E-state index is 0.0236. The van der Waals surface area contributed by atoms with Gasteiger partial charge in [0.1, 0.15) is 11.6 Å². The van der Waals surface area contributed by atoms with E-state index in [2.05, 4.69) is 0 Å². The molecule has 0 amide bonds. The van der Waals surface area contributed by atoms with Crippen molar-refractivity contribution in [3.8, 4) is 16.9 Å². The Morgan fingerprint density at radius 1 is 0.676 bits per heavy atom. The van der Waals surface area contributed by atoms with Crippen LogP contribution < -0.4 is 4.74 Å². The summed E-state index contributed by atoms with van der Waals surface area (Å²) in [4.78, 5) is 0. The molecule has 0 N–H and O–H groups in total. The molecule has 0 radical (unpaired) electrons. The van der Waals surface area contributed by atoms with Crippen LogP contribution in [-0.4, -0.2) is 6.61 Å². The van der Waals surface area contributed by atoms with Gasteiger partial charge < -0.3 is 4.74 Å². The predicted octanol–water partition coefficient (Wildman–Crippen LogP) is 7.99. The fourth-order valence-corrected chi connectivity index (χ4v) is 4.49. The predicted molar refractivity (Wildman–Crippen MR) is 113 cm³/mol. The molecule has 0 bridgehead atoms. The zero-order valence-electron chi connectivity index (χ0n) is 18.2. The molecule has 0 atom stereocenters. The Labute approximate surface area is 192 Å². The summed E-state index contributed by atoms with van der Waals surface area (Å²) in [6.07, 6.45) is 2.40. The lowest BCUT2D eigenvalue weighted by Crippen LogP contribution is -2.20. The Bertz CT molecular complexity index is 1150. The van der Waals surface area contributed by atoms with E-state index in [0.29, 0.717) is 48.9 Å². The molecule has 0 aromatic heterocycles. The normalized spacial score (nSPS) is 18.2. The number of rotatable bonds is 5. The quantitative estimate of drug-likeness (QED) is 0.265. The van der Waals surface area contributed by atoms with E-state index < -0.39 is 57.6 Å². The van der Waals surface area contributed by atoms with Gasteiger partial charge in [-0.1, -0.05) is 0 Å². The fraction of sp³-hybridized carbons (Fsp3) is 0.308. The Morgan fingerprint density at radius 3 is 1.74 bits per heavy atom. The Balaban J connectivity index is 1.43. The SMILES string of the molecule is Cc1cc(F)c(OCC2CCC(c3cc(F)c(-c4cc(F)c(F)c(F)c4)c(F)c3)CC2)c(F)c1. The molecule has 0 aliphatic heterocycles. The van der Waals surface area contributed by atoms with Gasteiger partial charge in [0.15, 0.2) is 34.8 Å². The van der Waals surface area contributed by atoms with Gasteiger partial charge in [0.05, 0.1) is 12.2 Å². The van der Waals surface area contributed by atoms with Crippen LogP contribution in [0.2, 0.25) is 0 Å². The highest BCUT2D eigenvalue weighted by Gasteiger charge is 2.26. The summed E-state index contributed by atoms with van der Waals surface area (Å²) in [6, 6.07) is 5.72. The van der Waals surface area contributed by atoms with Crippen molar-refractivity contribution >= 4 is 0 Å². The molecule has 3 aromatic carbocycles. The van der Waals surface area contributed by atoms with Gasteiger partial charge in [-0.25, -0.2) is 30.7 Å². The lowest BCUT2D eigenvalue weighted by molar-refractivity contribution is 0.187. The van der Waals surface area contributed by atoms with Gasteiger partial charge >= 0.3 is 0 Å². The smallest absolute Gasteiger partial charge is 0.194 e. The first-order valence-electron chi connectivity index (χ1n) is 10.9. The van der Waals surface area contributed by atoms with Crippen LogP contribution in [0.1, 0.15) is 42.7 Å². The van der Waals surface area contributed by atoms with Gasteiger partial charge in [-0.15, -0.1) is 0 Å². The van der Waals surface area contributed by atoms with E-state index in [1.54, 1.807) is 6.92 Å². The molecule has 180 valence electrons. The van der Waals surface area contributed by atoms with Crippen molar-refractivity contribution in [2.24, 2.45) is 5.92 Å². The Morgan fingerprint density at radius 2 is 1.21 bits per heavy atom. The van der Waals surface area contributed by atoms with Crippen molar-refractivity contribution in [1.82, 2.24) is 0 Å². The molecular formula is C26H21F7O. The molecular weight excluding hydrogens is 461 g/mol. The average molecular weight is 482 g/mol. The van der Waals surface area contributed by atoms with Gasteiger partial charge in [-0.3, -0.25) is 0 Å². The van der Waals surface area contributed by atoms with Gasteiger partial charge in [0.25, 0.3) is 0 Å². The molecule has 34 heavy (non-hydrogen) atoms. The van der Waals surface area contributed by atoms with Crippen molar-refractivity contribution < 1.29 is 35.5 Å². The topological polar surface area (TPSA) is 9.23 Å². The average Bonchev–Trinajstić information content (AvgIpc) is 2.76. The Hall–Kier alpha value is -3.03. The molecule has 1 aliphatic carbocycles. The first-order chi connectivity index (χ1) is 16.1. The number of ether oxygens (including phenoxy) is 1. The van der Waals surface area contributed by atoms with Crippen LogP contribution in [0.4, 0.5) is 30.7 Å². The van der Waals surface area contributed by atoms with E-state index in [-0.39, 0.29) is 18.4 Å². The van der Waals surface area contributed by atoms with Gasteiger partial charge in [0, 0.05) is 0 Å². The highest BCUT2D eigenvalue weighted by molar-refractivity contribution is 5.65. The van der Waals surface area contributed by atoms with E-state index in [1.807, 2.05) is 0 Å². The largest absolute Gasteiger partial charge is 0.487 e. The first kappa shape index (κ1) is 24.1. The molecule has 8 heteroatoms. The standard InChI is InChI=1S/C26H21F7O/c1-13-6-22(31)26(23(32)7-13)34-12-14-2-4-15(5-3-14)16-8-18(27)24(19(28)9-16)17-10-20(29)25(33)21(30)11-17/h6-11,14-15H,2-5,12H2,1H3. The number of aryl methyl sites for hydroxylation is 1. The molecule has 1 fully saturated rings. The third-order valence-corrected chi connectivity index (χ3v) is 6.26. The number of halogens is 7. The van der Waals surface area contributed by atoms with Crippen LogP contribution >= 0.6 is 0 Å². The van der Waals surface area contributed by atoms with Crippen molar-refractivity contribution in [2.75, 3.05) is 6.61 Å². The third-order valence-electron chi connectivity index (χ3n) is 6.26. The summed E-state index contributed by atoms with van der Waals surface area (Å²) in [5, 5.41) is 0. The molecule has 1 saturated carbocycles.